The number of carbonyl (C=O) groups is 1. The third-order valence-electron chi connectivity index (χ3n) is 2.06. The van der Waals surface area contributed by atoms with Crippen molar-refractivity contribution < 1.29 is 4.79 Å². The molecule has 1 N–H and O–H groups in total. The van der Waals surface area contributed by atoms with Crippen molar-refractivity contribution in [2.75, 3.05) is 18.8 Å². The topological polar surface area (TPSA) is 74.8 Å². The highest BCUT2D eigenvalue weighted by molar-refractivity contribution is 7.99. The summed E-state index contributed by atoms with van der Waals surface area (Å²) in [6, 6.07) is 0. The van der Waals surface area contributed by atoms with Crippen LogP contribution in [0.4, 0.5) is 0 Å². The van der Waals surface area contributed by atoms with E-state index >= 15 is 0 Å². The zero-order valence-electron chi connectivity index (χ0n) is 7.80. The Hall–Kier alpha value is -1.11. The van der Waals surface area contributed by atoms with E-state index in [-0.39, 0.29) is 11.7 Å². The molecule has 0 aromatic carbocycles. The van der Waals surface area contributed by atoms with Crippen LogP contribution in [0, 0.1) is 0 Å². The molecule has 1 amide bonds. The fraction of sp³-hybridized carbons (Fsp3) is 0.714. The van der Waals surface area contributed by atoms with Crippen LogP contribution in [-0.4, -0.2) is 55.5 Å². The molecule has 1 unspecified atom stereocenters. The highest BCUT2D eigenvalue weighted by atomic mass is 32.2. The second-order valence-electron chi connectivity index (χ2n) is 3.17. The first-order chi connectivity index (χ1) is 6.77. The molecule has 0 bridgehead atoms. The zero-order chi connectivity index (χ0) is 9.97. The van der Waals surface area contributed by atoms with Gasteiger partial charge in [0.05, 0.1) is 0 Å². The number of nitrogens with zero attached hydrogens (tertiary/aromatic N) is 4. The predicted octanol–water partition coefficient (Wildman–Crippen LogP) is -0.223. The first-order valence-electron chi connectivity index (χ1n) is 4.41. The number of amides is 1. The van der Waals surface area contributed by atoms with Gasteiger partial charge in [0.25, 0.3) is 11.7 Å². The van der Waals surface area contributed by atoms with E-state index < -0.39 is 0 Å². The average Bonchev–Trinajstić information content (AvgIpc) is 2.69. The number of tetrazole rings is 1. The summed E-state index contributed by atoms with van der Waals surface area (Å²) < 4.78 is 0. The van der Waals surface area contributed by atoms with Crippen LogP contribution >= 0.6 is 11.8 Å². The molecule has 0 spiro atoms. The largest absolute Gasteiger partial charge is 0.334 e. The van der Waals surface area contributed by atoms with Gasteiger partial charge in [0, 0.05) is 24.1 Å². The zero-order valence-corrected chi connectivity index (χ0v) is 8.62. The van der Waals surface area contributed by atoms with E-state index in [1.54, 1.807) is 4.90 Å². The molecule has 76 valence electrons. The van der Waals surface area contributed by atoms with Gasteiger partial charge in [-0.25, -0.2) is 0 Å². The van der Waals surface area contributed by atoms with Crippen molar-refractivity contribution >= 4 is 17.7 Å². The van der Waals surface area contributed by atoms with Gasteiger partial charge in [-0.15, -0.1) is 10.2 Å². The van der Waals surface area contributed by atoms with Crippen LogP contribution in [0.15, 0.2) is 0 Å². The molecule has 7 heteroatoms. The highest BCUT2D eigenvalue weighted by Gasteiger charge is 2.24. The summed E-state index contributed by atoms with van der Waals surface area (Å²) in [5.74, 6) is 1.00. The number of H-pyrrole nitrogens is 1. The van der Waals surface area contributed by atoms with Crippen molar-refractivity contribution in [2.45, 2.75) is 12.2 Å². The summed E-state index contributed by atoms with van der Waals surface area (Å²) in [5, 5.41) is 13.5. The minimum atomic E-state index is -0.133. The SMILES string of the molecule is CC1CN(C(=O)c2nn[nH]n2)CCS1. The number of aromatic nitrogens is 4. The fourth-order valence-corrected chi connectivity index (χ4v) is 2.41. The number of thioether (sulfide) groups is 1. The Bertz CT molecular complexity index is 314. The van der Waals surface area contributed by atoms with E-state index in [1.165, 1.54) is 0 Å². The molecule has 1 atom stereocenters. The minimum absolute atomic E-state index is 0.133. The molecular weight excluding hydrogens is 202 g/mol. The quantitative estimate of drug-likeness (QED) is 0.698. The van der Waals surface area contributed by atoms with E-state index in [1.807, 2.05) is 11.8 Å². The molecule has 1 aliphatic heterocycles. The van der Waals surface area contributed by atoms with Gasteiger partial charge in [0.1, 0.15) is 0 Å². The molecular formula is C7H11N5OS. The number of hydrogen-bond acceptors (Lipinski definition) is 5. The van der Waals surface area contributed by atoms with Gasteiger partial charge in [0.2, 0.25) is 0 Å². The second kappa shape index (κ2) is 3.95. The average molecular weight is 213 g/mol. The molecule has 0 aliphatic carbocycles. The smallest absolute Gasteiger partial charge is 0.295 e. The Labute approximate surface area is 85.4 Å². The molecule has 14 heavy (non-hydrogen) atoms. The van der Waals surface area contributed by atoms with Crippen LogP contribution in [0.3, 0.4) is 0 Å². The monoisotopic (exact) mass is 213 g/mol. The Morgan fingerprint density at radius 2 is 2.57 bits per heavy atom. The second-order valence-corrected chi connectivity index (χ2v) is 4.71. The molecule has 1 fully saturated rings. The van der Waals surface area contributed by atoms with E-state index in [0.29, 0.717) is 5.25 Å². The van der Waals surface area contributed by atoms with Crippen LogP contribution in [0.1, 0.15) is 17.5 Å². The van der Waals surface area contributed by atoms with Gasteiger partial charge >= 0.3 is 0 Å². The van der Waals surface area contributed by atoms with Crippen molar-refractivity contribution in [1.82, 2.24) is 25.5 Å². The lowest BCUT2D eigenvalue weighted by Crippen LogP contribution is -2.41. The number of rotatable bonds is 1. The first kappa shape index (κ1) is 9.45. The minimum Gasteiger partial charge on any atom is -0.334 e. The van der Waals surface area contributed by atoms with Gasteiger partial charge in [-0.2, -0.15) is 17.0 Å². The lowest BCUT2D eigenvalue weighted by molar-refractivity contribution is 0.0751. The van der Waals surface area contributed by atoms with Gasteiger partial charge < -0.3 is 4.90 Å². The molecule has 1 aliphatic rings. The summed E-state index contributed by atoms with van der Waals surface area (Å²) in [7, 11) is 0. The number of aromatic amines is 1. The van der Waals surface area contributed by atoms with Gasteiger partial charge in [-0.3, -0.25) is 4.79 Å². The van der Waals surface area contributed by atoms with Crippen molar-refractivity contribution in [3.63, 3.8) is 0 Å². The number of nitrogens with one attached hydrogen (secondary N) is 1. The maximum absolute atomic E-state index is 11.7. The van der Waals surface area contributed by atoms with E-state index in [9.17, 15) is 4.79 Å². The van der Waals surface area contributed by atoms with Crippen LogP contribution in [0.25, 0.3) is 0 Å². The molecule has 6 nitrogen and oxygen atoms in total. The summed E-state index contributed by atoms with van der Waals surface area (Å²) in [6.45, 7) is 3.64. The van der Waals surface area contributed by atoms with Gasteiger partial charge in [0.15, 0.2) is 0 Å². The number of carbonyl (C=O) groups excluding carboxylic acids is 1. The van der Waals surface area contributed by atoms with Crippen molar-refractivity contribution in [2.24, 2.45) is 0 Å². The molecule has 1 saturated heterocycles. The lowest BCUT2D eigenvalue weighted by Gasteiger charge is -2.29. The van der Waals surface area contributed by atoms with Crippen molar-refractivity contribution in [1.29, 1.82) is 0 Å². The normalized spacial score (nSPS) is 22.4. The molecule has 1 aromatic heterocycles. The van der Waals surface area contributed by atoms with E-state index in [0.717, 1.165) is 18.8 Å². The summed E-state index contributed by atoms with van der Waals surface area (Å²) >= 11 is 1.88. The summed E-state index contributed by atoms with van der Waals surface area (Å²) in [5.41, 5.74) is 0. The van der Waals surface area contributed by atoms with Crippen LogP contribution in [0.2, 0.25) is 0 Å². The van der Waals surface area contributed by atoms with Crippen LogP contribution in [0.5, 0.6) is 0 Å². The fourth-order valence-electron chi connectivity index (χ4n) is 1.40. The van der Waals surface area contributed by atoms with Crippen molar-refractivity contribution in [3.8, 4) is 0 Å². The predicted molar refractivity (Wildman–Crippen MR) is 52.0 cm³/mol. The maximum Gasteiger partial charge on any atom is 0.295 e. The molecule has 1 aromatic rings. The third-order valence-corrected chi connectivity index (χ3v) is 3.20. The first-order valence-corrected chi connectivity index (χ1v) is 5.46. The Kier molecular flexibility index (Phi) is 2.67. The van der Waals surface area contributed by atoms with Crippen molar-refractivity contribution in [3.05, 3.63) is 5.82 Å². The third kappa shape index (κ3) is 1.87. The van der Waals surface area contributed by atoms with Crippen LogP contribution < -0.4 is 0 Å². The maximum atomic E-state index is 11.7. The van der Waals surface area contributed by atoms with E-state index in [2.05, 4.69) is 27.5 Å². The standard InChI is InChI=1S/C7H11N5OS/c1-5-4-12(2-3-14-5)7(13)6-8-10-11-9-6/h5H,2-4H2,1H3,(H,8,9,10,11). The molecule has 2 rings (SSSR count). The lowest BCUT2D eigenvalue weighted by atomic mass is 10.3. The van der Waals surface area contributed by atoms with E-state index in [4.69, 9.17) is 0 Å². The summed E-state index contributed by atoms with van der Waals surface area (Å²) in [6.07, 6.45) is 0. The summed E-state index contributed by atoms with van der Waals surface area (Å²) in [4.78, 5) is 13.5. The molecule has 0 radical (unpaired) electrons. The Morgan fingerprint density at radius 3 is 3.21 bits per heavy atom. The highest BCUT2D eigenvalue weighted by Crippen LogP contribution is 2.18. The number of hydrogen-bond donors (Lipinski definition) is 1. The molecule has 0 saturated carbocycles. The Morgan fingerprint density at radius 1 is 1.71 bits per heavy atom. The molecule has 2 heterocycles. The van der Waals surface area contributed by atoms with Gasteiger partial charge in [-0.1, -0.05) is 6.92 Å². The van der Waals surface area contributed by atoms with Gasteiger partial charge in [-0.05, 0) is 5.21 Å². The van der Waals surface area contributed by atoms with Crippen LogP contribution in [-0.2, 0) is 0 Å². The Balaban J connectivity index is 2.04.